The van der Waals surface area contributed by atoms with E-state index in [1.54, 1.807) is 11.3 Å². The number of thiophene rings is 1. The van der Waals surface area contributed by atoms with E-state index in [2.05, 4.69) is 42.9 Å². The molecule has 0 saturated carbocycles. The lowest BCUT2D eigenvalue weighted by Crippen LogP contribution is -2.35. The first-order chi connectivity index (χ1) is 15.3. The Hall–Kier alpha value is -2.49. The maximum Gasteiger partial charge on any atom is 0.416 e. The van der Waals surface area contributed by atoms with Crippen molar-refractivity contribution >= 4 is 37.4 Å². The highest BCUT2D eigenvalue weighted by molar-refractivity contribution is 9.10. The standard InChI is InChI=1S/C23H17BrF3N3OS/c24-20-15-3-1-2-4-18(15)32-19(20)12-30-10-9-17-16(11-30)22(31)29-21(28-17)13-5-7-14(8-6-13)23(25,26)27/h1-8H,9-12H2,(H,28,29,31). The van der Waals surface area contributed by atoms with E-state index in [0.29, 0.717) is 35.6 Å². The maximum absolute atomic E-state index is 12.8. The zero-order valence-electron chi connectivity index (χ0n) is 16.7. The van der Waals surface area contributed by atoms with Crippen LogP contribution in [0.3, 0.4) is 0 Å². The lowest BCUT2D eigenvalue weighted by Gasteiger charge is -2.27. The Morgan fingerprint density at radius 2 is 1.88 bits per heavy atom. The molecule has 4 aromatic rings. The number of fused-ring (bicyclic) bond motifs is 2. The van der Waals surface area contributed by atoms with Crippen LogP contribution < -0.4 is 5.56 Å². The first kappa shape index (κ1) is 21.4. The van der Waals surface area contributed by atoms with Crippen LogP contribution >= 0.6 is 27.3 Å². The molecular weight excluding hydrogens is 503 g/mol. The summed E-state index contributed by atoms with van der Waals surface area (Å²) in [7, 11) is 0. The second-order valence-corrected chi connectivity index (χ2v) is 9.64. The van der Waals surface area contributed by atoms with Gasteiger partial charge < -0.3 is 4.98 Å². The minimum absolute atomic E-state index is 0.245. The number of benzene rings is 2. The second-order valence-electron chi connectivity index (χ2n) is 7.71. The molecule has 5 rings (SSSR count). The molecule has 0 spiro atoms. The third-order valence-corrected chi connectivity index (χ3v) is 7.93. The number of nitrogens with one attached hydrogen (secondary N) is 1. The molecular formula is C23H17BrF3N3OS. The third-order valence-electron chi connectivity index (χ3n) is 5.60. The highest BCUT2D eigenvalue weighted by Crippen LogP contribution is 2.37. The molecule has 1 aliphatic rings. The summed E-state index contributed by atoms with van der Waals surface area (Å²) in [5.74, 6) is 0.295. The molecule has 0 unspecified atom stereocenters. The minimum atomic E-state index is -4.40. The van der Waals surface area contributed by atoms with E-state index in [-0.39, 0.29) is 5.56 Å². The first-order valence-corrected chi connectivity index (χ1v) is 11.6. The molecule has 0 atom stereocenters. The quantitative estimate of drug-likeness (QED) is 0.361. The summed E-state index contributed by atoms with van der Waals surface area (Å²) in [6.45, 7) is 1.95. The fourth-order valence-corrected chi connectivity index (χ4v) is 5.92. The Morgan fingerprint density at radius 1 is 1.12 bits per heavy atom. The molecule has 0 fully saturated rings. The molecule has 1 aliphatic heterocycles. The van der Waals surface area contributed by atoms with Gasteiger partial charge in [-0.3, -0.25) is 9.69 Å². The van der Waals surface area contributed by atoms with E-state index in [9.17, 15) is 18.0 Å². The smallest absolute Gasteiger partial charge is 0.306 e. The van der Waals surface area contributed by atoms with Crippen molar-refractivity contribution in [2.24, 2.45) is 0 Å². The zero-order chi connectivity index (χ0) is 22.5. The van der Waals surface area contributed by atoms with Crippen molar-refractivity contribution in [3.63, 3.8) is 0 Å². The Kier molecular flexibility index (Phi) is 5.43. The van der Waals surface area contributed by atoms with Gasteiger partial charge in [0.2, 0.25) is 0 Å². The molecule has 0 saturated heterocycles. The third kappa shape index (κ3) is 4.00. The molecule has 164 valence electrons. The topological polar surface area (TPSA) is 49.0 Å². The van der Waals surface area contributed by atoms with Gasteiger partial charge in [-0.1, -0.05) is 30.3 Å². The summed E-state index contributed by atoms with van der Waals surface area (Å²) in [6, 6.07) is 12.9. The average molecular weight is 520 g/mol. The van der Waals surface area contributed by atoms with Gasteiger partial charge in [-0.05, 0) is 34.1 Å². The molecule has 0 aliphatic carbocycles. The van der Waals surface area contributed by atoms with Crippen LogP contribution in [0.2, 0.25) is 0 Å². The molecule has 2 aromatic carbocycles. The summed E-state index contributed by atoms with van der Waals surface area (Å²) in [4.78, 5) is 23.5. The number of hydrogen-bond acceptors (Lipinski definition) is 4. The SMILES string of the molecule is O=c1[nH]c(-c2ccc(C(F)(F)F)cc2)nc2c1CN(Cc1sc3ccccc3c1Br)CC2. The fourth-order valence-electron chi connectivity index (χ4n) is 3.94. The number of hydrogen-bond donors (Lipinski definition) is 1. The van der Waals surface area contributed by atoms with Crippen molar-refractivity contribution < 1.29 is 13.2 Å². The summed E-state index contributed by atoms with van der Waals surface area (Å²) in [5, 5.41) is 1.19. The van der Waals surface area contributed by atoms with E-state index < -0.39 is 11.7 Å². The normalized spacial score (nSPS) is 14.6. The molecule has 1 N–H and O–H groups in total. The van der Waals surface area contributed by atoms with Crippen LogP contribution in [0.5, 0.6) is 0 Å². The van der Waals surface area contributed by atoms with E-state index in [1.165, 1.54) is 27.1 Å². The number of alkyl halides is 3. The van der Waals surface area contributed by atoms with Gasteiger partial charge in [-0.2, -0.15) is 13.2 Å². The molecule has 0 bridgehead atoms. The lowest BCUT2D eigenvalue weighted by atomic mass is 10.1. The van der Waals surface area contributed by atoms with E-state index in [0.717, 1.165) is 29.7 Å². The minimum Gasteiger partial charge on any atom is -0.306 e. The molecule has 2 aromatic heterocycles. The van der Waals surface area contributed by atoms with Crippen LogP contribution in [0.4, 0.5) is 13.2 Å². The Bertz CT molecular complexity index is 1360. The van der Waals surface area contributed by atoms with Crippen molar-refractivity contribution in [1.82, 2.24) is 14.9 Å². The number of rotatable bonds is 3. The fraction of sp³-hybridized carbons (Fsp3) is 0.217. The van der Waals surface area contributed by atoms with Gasteiger partial charge in [-0.25, -0.2) is 4.98 Å². The van der Waals surface area contributed by atoms with Crippen LogP contribution in [0, 0.1) is 0 Å². The Labute approximate surface area is 193 Å². The van der Waals surface area contributed by atoms with Crippen molar-refractivity contribution in [1.29, 1.82) is 0 Å². The number of aromatic amines is 1. The lowest BCUT2D eigenvalue weighted by molar-refractivity contribution is -0.137. The van der Waals surface area contributed by atoms with Crippen LogP contribution in [0.25, 0.3) is 21.5 Å². The highest BCUT2D eigenvalue weighted by atomic mass is 79.9. The van der Waals surface area contributed by atoms with Crippen LogP contribution in [-0.4, -0.2) is 21.4 Å². The van der Waals surface area contributed by atoms with Crippen molar-refractivity contribution in [3.05, 3.63) is 85.1 Å². The number of H-pyrrole nitrogens is 1. The van der Waals surface area contributed by atoms with Crippen molar-refractivity contribution in [3.8, 4) is 11.4 Å². The molecule has 9 heteroatoms. The first-order valence-electron chi connectivity index (χ1n) is 9.97. The van der Waals surface area contributed by atoms with Crippen LogP contribution in [0.15, 0.2) is 57.8 Å². The molecule has 4 nitrogen and oxygen atoms in total. The summed E-state index contributed by atoms with van der Waals surface area (Å²) in [5.41, 5.74) is 0.795. The van der Waals surface area contributed by atoms with Gasteiger partial charge in [0.1, 0.15) is 5.82 Å². The average Bonchev–Trinajstić information content (AvgIpc) is 3.09. The van der Waals surface area contributed by atoms with Crippen molar-refractivity contribution in [2.45, 2.75) is 25.7 Å². The Balaban J connectivity index is 1.38. The van der Waals surface area contributed by atoms with Gasteiger partial charge in [0, 0.05) is 51.1 Å². The molecule has 0 amide bonds. The predicted octanol–water partition coefficient (Wildman–Crippen LogP) is 5.99. The van der Waals surface area contributed by atoms with E-state index in [1.807, 2.05) is 12.1 Å². The molecule has 32 heavy (non-hydrogen) atoms. The zero-order valence-corrected chi connectivity index (χ0v) is 19.1. The van der Waals surface area contributed by atoms with Gasteiger partial charge >= 0.3 is 6.18 Å². The summed E-state index contributed by atoms with van der Waals surface area (Å²) >= 11 is 5.45. The summed E-state index contributed by atoms with van der Waals surface area (Å²) in [6.07, 6.45) is -3.79. The number of aromatic nitrogens is 2. The number of halogens is 4. The second kappa shape index (κ2) is 8.13. The predicted molar refractivity (Wildman–Crippen MR) is 123 cm³/mol. The van der Waals surface area contributed by atoms with Gasteiger partial charge in [0.15, 0.2) is 0 Å². The molecule has 0 radical (unpaired) electrons. The Morgan fingerprint density at radius 3 is 2.59 bits per heavy atom. The van der Waals surface area contributed by atoms with Crippen molar-refractivity contribution in [2.75, 3.05) is 6.54 Å². The maximum atomic E-state index is 12.8. The summed E-state index contributed by atoms with van der Waals surface area (Å²) < 4.78 is 40.7. The van der Waals surface area contributed by atoms with Gasteiger partial charge in [-0.15, -0.1) is 11.3 Å². The van der Waals surface area contributed by atoms with Gasteiger partial charge in [0.05, 0.1) is 16.8 Å². The van der Waals surface area contributed by atoms with Crippen LogP contribution in [-0.2, 0) is 25.7 Å². The van der Waals surface area contributed by atoms with E-state index in [4.69, 9.17) is 0 Å². The largest absolute Gasteiger partial charge is 0.416 e. The van der Waals surface area contributed by atoms with Gasteiger partial charge in [0.25, 0.3) is 5.56 Å². The van der Waals surface area contributed by atoms with E-state index >= 15 is 0 Å². The van der Waals surface area contributed by atoms with Crippen LogP contribution in [0.1, 0.15) is 21.7 Å². The number of nitrogens with zero attached hydrogens (tertiary/aromatic N) is 2. The highest BCUT2D eigenvalue weighted by Gasteiger charge is 2.30. The monoisotopic (exact) mass is 519 g/mol. The molecule has 3 heterocycles.